The van der Waals surface area contributed by atoms with Crippen LogP contribution >= 0.6 is 11.8 Å². The summed E-state index contributed by atoms with van der Waals surface area (Å²) in [4.78, 5) is 23.1. The van der Waals surface area contributed by atoms with Gasteiger partial charge in [-0.05, 0) is 18.6 Å². The lowest BCUT2D eigenvalue weighted by Gasteiger charge is -2.05. The summed E-state index contributed by atoms with van der Waals surface area (Å²) in [6.45, 7) is 2.59. The fourth-order valence-corrected chi connectivity index (χ4v) is 2.12. The number of carbonyl (C=O) groups is 2. The maximum absolute atomic E-state index is 11.8. The van der Waals surface area contributed by atoms with Crippen LogP contribution in [0.2, 0.25) is 0 Å². The third-order valence-electron chi connectivity index (χ3n) is 2.32. The van der Waals surface area contributed by atoms with Gasteiger partial charge < -0.3 is 15.5 Å². The van der Waals surface area contributed by atoms with E-state index in [0.29, 0.717) is 6.54 Å². The van der Waals surface area contributed by atoms with Gasteiger partial charge in [0.05, 0.1) is 17.1 Å². The Morgan fingerprint density at radius 1 is 1.26 bits per heavy atom. The molecule has 0 saturated heterocycles. The molecule has 5 nitrogen and oxygen atoms in total. The first-order valence-electron chi connectivity index (χ1n) is 5.94. The molecule has 6 heteroatoms. The molecule has 0 unspecified atom stereocenters. The van der Waals surface area contributed by atoms with Crippen molar-refractivity contribution in [2.45, 2.75) is 13.3 Å². The van der Waals surface area contributed by atoms with E-state index in [9.17, 15) is 14.7 Å². The predicted molar refractivity (Wildman–Crippen MR) is 74.7 cm³/mol. The van der Waals surface area contributed by atoms with Gasteiger partial charge in [0, 0.05) is 12.6 Å². The van der Waals surface area contributed by atoms with Crippen molar-refractivity contribution in [3.05, 3.63) is 23.8 Å². The van der Waals surface area contributed by atoms with E-state index >= 15 is 0 Å². The number of carbonyl (C=O) groups excluding carboxylic acids is 2. The summed E-state index contributed by atoms with van der Waals surface area (Å²) in [7, 11) is 0. The largest absolute Gasteiger partial charge is 0.508 e. The SMILES string of the molecule is CCCNC(=O)CSCC(=O)c1ccc(O)cc1O. The highest BCUT2D eigenvalue weighted by Crippen LogP contribution is 2.23. The van der Waals surface area contributed by atoms with Crippen LogP contribution in [0.5, 0.6) is 11.5 Å². The van der Waals surface area contributed by atoms with Gasteiger partial charge in [-0.3, -0.25) is 9.59 Å². The van der Waals surface area contributed by atoms with Crippen LogP contribution in [0.15, 0.2) is 18.2 Å². The zero-order chi connectivity index (χ0) is 14.3. The van der Waals surface area contributed by atoms with Gasteiger partial charge in [-0.15, -0.1) is 11.8 Å². The van der Waals surface area contributed by atoms with Crippen LogP contribution < -0.4 is 5.32 Å². The first-order chi connectivity index (χ1) is 9.04. The third-order valence-corrected chi connectivity index (χ3v) is 3.25. The Balaban J connectivity index is 2.41. The van der Waals surface area contributed by atoms with Gasteiger partial charge in [0.25, 0.3) is 0 Å². The number of nitrogens with one attached hydrogen (secondary N) is 1. The molecule has 0 spiro atoms. The molecule has 0 aliphatic heterocycles. The van der Waals surface area contributed by atoms with Gasteiger partial charge >= 0.3 is 0 Å². The Kier molecular flexibility index (Phi) is 6.21. The molecular weight excluding hydrogens is 266 g/mol. The summed E-state index contributed by atoms with van der Waals surface area (Å²) in [6.07, 6.45) is 0.872. The minimum Gasteiger partial charge on any atom is -0.508 e. The second-order valence-electron chi connectivity index (χ2n) is 3.97. The molecule has 0 radical (unpaired) electrons. The molecule has 0 atom stereocenters. The van der Waals surface area contributed by atoms with E-state index in [1.165, 1.54) is 23.9 Å². The molecule has 19 heavy (non-hydrogen) atoms. The molecule has 1 amide bonds. The highest BCUT2D eigenvalue weighted by molar-refractivity contribution is 8.00. The van der Waals surface area contributed by atoms with Crippen LogP contribution in [0.3, 0.4) is 0 Å². The fraction of sp³-hybridized carbons (Fsp3) is 0.385. The Labute approximate surface area is 116 Å². The van der Waals surface area contributed by atoms with E-state index in [-0.39, 0.29) is 40.3 Å². The predicted octanol–water partition coefficient (Wildman–Crippen LogP) is 1.54. The quantitative estimate of drug-likeness (QED) is 0.661. The van der Waals surface area contributed by atoms with Gasteiger partial charge in [-0.2, -0.15) is 0 Å². The minimum atomic E-state index is -0.272. The zero-order valence-corrected chi connectivity index (χ0v) is 11.5. The molecule has 1 aromatic rings. The summed E-state index contributed by atoms with van der Waals surface area (Å²) in [5.41, 5.74) is 0.152. The molecular formula is C13H17NO4S. The standard InChI is InChI=1S/C13H17NO4S/c1-2-5-14-13(18)8-19-7-12(17)10-4-3-9(15)6-11(10)16/h3-4,6,15-16H,2,5,7-8H2,1H3,(H,14,18). The molecule has 0 saturated carbocycles. The lowest BCUT2D eigenvalue weighted by atomic mass is 10.1. The van der Waals surface area contributed by atoms with Crippen LogP contribution in [-0.4, -0.2) is 40.0 Å². The van der Waals surface area contributed by atoms with Crippen molar-refractivity contribution in [3.8, 4) is 11.5 Å². The molecule has 0 heterocycles. The Morgan fingerprint density at radius 3 is 2.63 bits per heavy atom. The van der Waals surface area contributed by atoms with Crippen molar-refractivity contribution in [1.29, 1.82) is 0 Å². The summed E-state index contributed by atoms with van der Waals surface area (Å²) in [5, 5.41) is 21.3. The van der Waals surface area contributed by atoms with Gasteiger partial charge in [0.1, 0.15) is 11.5 Å². The molecule has 104 valence electrons. The summed E-state index contributed by atoms with van der Waals surface area (Å²) in [5.74, 6) is -0.398. The molecule has 3 N–H and O–H groups in total. The van der Waals surface area contributed by atoms with E-state index in [2.05, 4.69) is 5.32 Å². The Bertz CT molecular complexity index is 462. The third kappa shape index (κ3) is 5.21. The number of aromatic hydroxyl groups is 2. The lowest BCUT2D eigenvalue weighted by molar-refractivity contribution is -0.118. The summed E-state index contributed by atoms with van der Waals surface area (Å²) >= 11 is 1.19. The number of hydrogen-bond donors (Lipinski definition) is 3. The monoisotopic (exact) mass is 283 g/mol. The van der Waals surface area contributed by atoms with Gasteiger partial charge in [-0.1, -0.05) is 6.92 Å². The number of phenolic OH excluding ortho intramolecular Hbond substituents is 2. The second kappa shape index (κ2) is 7.68. The number of amides is 1. The first kappa shape index (κ1) is 15.4. The Morgan fingerprint density at radius 2 is 2.00 bits per heavy atom. The number of phenols is 2. The maximum atomic E-state index is 11.8. The second-order valence-corrected chi connectivity index (χ2v) is 4.95. The van der Waals surface area contributed by atoms with Crippen molar-refractivity contribution < 1.29 is 19.8 Å². The van der Waals surface area contributed by atoms with E-state index in [4.69, 9.17) is 5.11 Å². The fourth-order valence-electron chi connectivity index (χ4n) is 1.39. The van der Waals surface area contributed by atoms with Crippen LogP contribution in [0.1, 0.15) is 23.7 Å². The van der Waals surface area contributed by atoms with E-state index in [0.717, 1.165) is 12.5 Å². The van der Waals surface area contributed by atoms with Gasteiger partial charge in [0.15, 0.2) is 5.78 Å². The molecule has 0 bridgehead atoms. The normalized spacial score (nSPS) is 10.2. The van der Waals surface area contributed by atoms with Gasteiger partial charge in [0.2, 0.25) is 5.91 Å². The van der Waals surface area contributed by atoms with Crippen molar-refractivity contribution in [2.24, 2.45) is 0 Å². The van der Waals surface area contributed by atoms with E-state index in [1.807, 2.05) is 6.92 Å². The van der Waals surface area contributed by atoms with Crippen molar-refractivity contribution in [3.63, 3.8) is 0 Å². The van der Waals surface area contributed by atoms with Crippen LogP contribution in [-0.2, 0) is 4.79 Å². The molecule has 1 aromatic carbocycles. The molecule has 0 fully saturated rings. The van der Waals surface area contributed by atoms with E-state index < -0.39 is 0 Å². The highest BCUT2D eigenvalue weighted by Gasteiger charge is 2.12. The number of benzene rings is 1. The van der Waals surface area contributed by atoms with Crippen molar-refractivity contribution >= 4 is 23.5 Å². The van der Waals surface area contributed by atoms with Gasteiger partial charge in [-0.25, -0.2) is 0 Å². The topological polar surface area (TPSA) is 86.6 Å². The minimum absolute atomic E-state index is 0.0966. The zero-order valence-electron chi connectivity index (χ0n) is 10.7. The smallest absolute Gasteiger partial charge is 0.230 e. The number of hydrogen-bond acceptors (Lipinski definition) is 5. The maximum Gasteiger partial charge on any atom is 0.230 e. The number of ketones is 1. The van der Waals surface area contributed by atoms with Crippen molar-refractivity contribution in [1.82, 2.24) is 5.32 Å². The molecule has 0 aliphatic carbocycles. The number of Topliss-reactive ketones (excluding diaryl/α,β-unsaturated/α-hetero) is 1. The van der Waals surface area contributed by atoms with E-state index in [1.54, 1.807) is 0 Å². The van der Waals surface area contributed by atoms with Crippen LogP contribution in [0.25, 0.3) is 0 Å². The first-order valence-corrected chi connectivity index (χ1v) is 7.09. The average molecular weight is 283 g/mol. The molecule has 0 aliphatic rings. The van der Waals surface area contributed by atoms with Crippen LogP contribution in [0.4, 0.5) is 0 Å². The molecule has 0 aromatic heterocycles. The lowest BCUT2D eigenvalue weighted by Crippen LogP contribution is -2.26. The highest BCUT2D eigenvalue weighted by atomic mass is 32.2. The number of thioether (sulfide) groups is 1. The number of rotatable bonds is 7. The Hall–Kier alpha value is -1.69. The summed E-state index contributed by atoms with van der Waals surface area (Å²) < 4.78 is 0. The molecule has 1 rings (SSSR count). The van der Waals surface area contributed by atoms with Crippen molar-refractivity contribution in [2.75, 3.05) is 18.1 Å². The average Bonchev–Trinajstić information content (AvgIpc) is 2.36. The summed E-state index contributed by atoms with van der Waals surface area (Å²) in [6, 6.07) is 3.82. The van der Waals surface area contributed by atoms with Crippen LogP contribution in [0, 0.1) is 0 Å².